The summed E-state index contributed by atoms with van der Waals surface area (Å²) in [4.78, 5) is 25.3. The summed E-state index contributed by atoms with van der Waals surface area (Å²) < 4.78 is 53.2. The molecule has 1 aliphatic heterocycles. The van der Waals surface area contributed by atoms with Crippen LogP contribution in [0.15, 0.2) is 34.5 Å². The Morgan fingerprint density at radius 3 is 2.63 bits per heavy atom. The Hall–Kier alpha value is -2.37. The van der Waals surface area contributed by atoms with Crippen LogP contribution in [0.4, 0.5) is 14.5 Å². The molecule has 162 valence electrons. The molecule has 2 amide bonds. The van der Waals surface area contributed by atoms with Crippen molar-refractivity contribution in [2.45, 2.75) is 24.0 Å². The molecule has 1 aromatic heterocycles. The zero-order valence-electron chi connectivity index (χ0n) is 16.2. The smallest absolute Gasteiger partial charge is 0.252 e. The van der Waals surface area contributed by atoms with Crippen LogP contribution >= 0.6 is 11.3 Å². The number of piperidine rings is 1. The van der Waals surface area contributed by atoms with Crippen LogP contribution in [0.2, 0.25) is 0 Å². The number of carbonyl (C=O) groups excluding carboxylic acids is 2. The minimum atomic E-state index is -3.66. The third-order valence-corrected chi connectivity index (χ3v) is 8.02. The summed E-state index contributed by atoms with van der Waals surface area (Å²) in [5.74, 6) is -3.75. The number of amides is 2. The van der Waals surface area contributed by atoms with Gasteiger partial charge in [0.15, 0.2) is 11.6 Å². The van der Waals surface area contributed by atoms with Crippen molar-refractivity contribution in [2.75, 3.05) is 25.0 Å². The molecular weight excluding hydrogens is 436 g/mol. The van der Waals surface area contributed by atoms with Crippen LogP contribution in [0.1, 0.15) is 17.7 Å². The van der Waals surface area contributed by atoms with Gasteiger partial charge in [-0.25, -0.2) is 17.2 Å². The van der Waals surface area contributed by atoms with Crippen molar-refractivity contribution < 1.29 is 26.8 Å². The Balaban J connectivity index is 1.55. The maximum absolute atomic E-state index is 13.2. The highest BCUT2D eigenvalue weighted by molar-refractivity contribution is 7.91. The number of halogens is 2. The molecule has 30 heavy (non-hydrogen) atoms. The highest BCUT2D eigenvalue weighted by Gasteiger charge is 2.34. The van der Waals surface area contributed by atoms with Crippen molar-refractivity contribution in [1.82, 2.24) is 9.62 Å². The van der Waals surface area contributed by atoms with Crippen molar-refractivity contribution in [3.63, 3.8) is 0 Å². The number of thiophene rings is 1. The lowest BCUT2D eigenvalue weighted by atomic mass is 9.99. The Morgan fingerprint density at radius 2 is 1.97 bits per heavy atom. The summed E-state index contributed by atoms with van der Waals surface area (Å²) in [5.41, 5.74) is 0.0642. The van der Waals surface area contributed by atoms with Crippen molar-refractivity contribution >= 4 is 38.9 Å². The lowest BCUT2D eigenvalue weighted by Gasteiger charge is -2.30. The topological polar surface area (TPSA) is 95.6 Å². The van der Waals surface area contributed by atoms with E-state index in [1.807, 2.05) is 6.92 Å². The molecule has 0 bridgehead atoms. The number of hydrogen-bond donors (Lipinski definition) is 2. The molecule has 1 aliphatic rings. The fourth-order valence-corrected chi connectivity index (χ4v) is 6.10. The fourth-order valence-electron chi connectivity index (χ4n) is 3.14. The Kier molecular flexibility index (Phi) is 6.84. The predicted molar refractivity (Wildman–Crippen MR) is 109 cm³/mol. The van der Waals surface area contributed by atoms with Crippen LogP contribution in [-0.2, 0) is 19.6 Å². The lowest BCUT2D eigenvalue weighted by Crippen LogP contribution is -2.46. The zero-order chi connectivity index (χ0) is 21.9. The number of benzene rings is 1. The predicted octanol–water partition coefficient (Wildman–Crippen LogP) is 2.49. The minimum Gasteiger partial charge on any atom is -0.347 e. The number of anilines is 1. The SMILES string of the molecule is Cc1ccc(S(=O)(=O)N2CCC[C@H](C(=O)NCC(=O)Nc3ccc(F)c(F)c3)C2)s1. The van der Waals surface area contributed by atoms with Crippen molar-refractivity contribution in [1.29, 1.82) is 0 Å². The minimum absolute atomic E-state index is 0.0376. The first-order valence-corrected chi connectivity index (χ1v) is 11.5. The third kappa shape index (κ3) is 5.21. The van der Waals surface area contributed by atoms with Crippen LogP contribution in [-0.4, -0.2) is 44.2 Å². The van der Waals surface area contributed by atoms with Crippen LogP contribution in [0.3, 0.4) is 0 Å². The number of rotatable bonds is 6. The number of nitrogens with zero attached hydrogens (tertiary/aromatic N) is 1. The molecule has 0 unspecified atom stereocenters. The van der Waals surface area contributed by atoms with Gasteiger partial charge in [-0.3, -0.25) is 9.59 Å². The zero-order valence-corrected chi connectivity index (χ0v) is 17.8. The molecular formula is C19H21F2N3O4S2. The van der Waals surface area contributed by atoms with Crippen LogP contribution < -0.4 is 10.6 Å². The van der Waals surface area contributed by atoms with Gasteiger partial charge in [-0.2, -0.15) is 4.31 Å². The van der Waals surface area contributed by atoms with Crippen molar-refractivity contribution in [3.8, 4) is 0 Å². The second-order valence-electron chi connectivity index (χ2n) is 6.96. The van der Waals surface area contributed by atoms with E-state index in [9.17, 15) is 26.8 Å². The summed E-state index contributed by atoms with van der Waals surface area (Å²) in [5, 5.41) is 4.84. The van der Waals surface area contributed by atoms with Gasteiger partial charge in [-0.1, -0.05) is 0 Å². The lowest BCUT2D eigenvalue weighted by molar-refractivity contribution is -0.128. The summed E-state index contributed by atoms with van der Waals surface area (Å²) >= 11 is 1.18. The van der Waals surface area contributed by atoms with E-state index in [1.54, 1.807) is 12.1 Å². The molecule has 3 rings (SSSR count). The standard InChI is InChI=1S/C19H21F2N3O4S2/c1-12-4-7-18(29-12)30(27,28)24-8-2-3-13(11-24)19(26)22-10-17(25)23-14-5-6-15(20)16(21)9-14/h4-7,9,13H,2-3,8,10-11H2,1H3,(H,22,26)(H,23,25)/t13-/m0/s1. The molecule has 1 atom stereocenters. The van der Waals surface area contributed by atoms with Crippen molar-refractivity contribution in [2.24, 2.45) is 5.92 Å². The van der Waals surface area contributed by atoms with E-state index in [0.29, 0.717) is 19.4 Å². The normalized spacial score (nSPS) is 17.5. The first kappa shape index (κ1) is 22.3. The van der Waals surface area contributed by atoms with Gasteiger partial charge in [0.05, 0.1) is 12.5 Å². The van der Waals surface area contributed by atoms with Gasteiger partial charge >= 0.3 is 0 Å². The fraction of sp³-hybridized carbons (Fsp3) is 0.368. The molecule has 0 spiro atoms. The maximum Gasteiger partial charge on any atom is 0.252 e. The van der Waals surface area contributed by atoms with Crippen LogP contribution in [0, 0.1) is 24.5 Å². The molecule has 1 fully saturated rings. The van der Waals surface area contributed by atoms with Gasteiger partial charge in [0, 0.05) is 29.7 Å². The summed E-state index contributed by atoms with van der Waals surface area (Å²) in [6.07, 6.45) is 1.04. The number of aryl methyl sites for hydroxylation is 1. The molecule has 2 aromatic rings. The van der Waals surface area contributed by atoms with Crippen LogP contribution in [0.25, 0.3) is 0 Å². The second-order valence-corrected chi connectivity index (χ2v) is 10.4. The van der Waals surface area contributed by atoms with Gasteiger partial charge in [0.25, 0.3) is 10.0 Å². The largest absolute Gasteiger partial charge is 0.347 e. The van der Waals surface area contributed by atoms with Gasteiger partial charge in [0.1, 0.15) is 4.21 Å². The van der Waals surface area contributed by atoms with E-state index in [0.717, 1.165) is 17.0 Å². The Morgan fingerprint density at radius 1 is 1.20 bits per heavy atom. The van der Waals surface area contributed by atoms with E-state index >= 15 is 0 Å². The monoisotopic (exact) mass is 457 g/mol. The molecule has 11 heteroatoms. The first-order valence-electron chi connectivity index (χ1n) is 9.26. The molecule has 1 aromatic carbocycles. The van der Waals surface area contributed by atoms with Crippen molar-refractivity contribution in [3.05, 3.63) is 46.8 Å². The molecule has 0 aliphatic carbocycles. The molecule has 0 saturated carbocycles. The number of carbonyl (C=O) groups is 2. The van der Waals surface area contributed by atoms with Gasteiger partial charge < -0.3 is 10.6 Å². The Bertz CT molecular complexity index is 1060. The van der Waals surface area contributed by atoms with E-state index in [4.69, 9.17) is 0 Å². The summed E-state index contributed by atoms with van der Waals surface area (Å²) in [6, 6.07) is 6.22. The van der Waals surface area contributed by atoms with E-state index in [1.165, 1.54) is 21.7 Å². The second kappa shape index (κ2) is 9.19. The van der Waals surface area contributed by atoms with E-state index in [-0.39, 0.29) is 23.0 Å². The van der Waals surface area contributed by atoms with Gasteiger partial charge in [-0.15, -0.1) is 11.3 Å². The number of hydrogen-bond acceptors (Lipinski definition) is 5. The van der Waals surface area contributed by atoms with E-state index in [2.05, 4.69) is 10.6 Å². The van der Waals surface area contributed by atoms with Gasteiger partial charge in [-0.05, 0) is 44.0 Å². The molecule has 1 saturated heterocycles. The van der Waals surface area contributed by atoms with Gasteiger partial charge in [0.2, 0.25) is 11.8 Å². The highest BCUT2D eigenvalue weighted by Crippen LogP contribution is 2.28. The number of nitrogens with one attached hydrogen (secondary N) is 2. The molecule has 7 nitrogen and oxygen atoms in total. The molecule has 2 N–H and O–H groups in total. The van der Waals surface area contributed by atoms with E-state index < -0.39 is 39.4 Å². The highest BCUT2D eigenvalue weighted by atomic mass is 32.2. The summed E-state index contributed by atoms with van der Waals surface area (Å²) in [7, 11) is -3.66. The first-order chi connectivity index (χ1) is 14.2. The van der Waals surface area contributed by atoms with Crippen LogP contribution in [0.5, 0.6) is 0 Å². The summed E-state index contributed by atoms with van der Waals surface area (Å²) in [6.45, 7) is 1.82. The molecule has 0 radical (unpaired) electrons. The quantitative estimate of drug-likeness (QED) is 0.697. The number of sulfonamides is 1. The Labute approximate surface area is 177 Å². The average Bonchev–Trinajstić information content (AvgIpc) is 3.16. The molecule has 2 heterocycles. The third-order valence-electron chi connectivity index (χ3n) is 4.69. The average molecular weight is 458 g/mol. The maximum atomic E-state index is 13.2.